The molecule has 0 saturated heterocycles. The van der Waals surface area contributed by atoms with Gasteiger partial charge in [0.1, 0.15) is 0 Å². The fourth-order valence-electron chi connectivity index (χ4n) is 1.40. The molecule has 2 unspecified atom stereocenters. The third-order valence-corrected chi connectivity index (χ3v) is 3.70. The molecule has 0 fully saturated rings. The predicted molar refractivity (Wildman–Crippen MR) is 68.8 cm³/mol. The average Bonchev–Trinajstić information content (AvgIpc) is 2.37. The molecule has 1 aromatic carbocycles. The first-order valence-electron chi connectivity index (χ1n) is 5.64. The summed E-state index contributed by atoms with van der Waals surface area (Å²) in [7, 11) is 0. The predicted octanol–water partition coefficient (Wildman–Crippen LogP) is 1.79. The maximum atomic E-state index is 12.4. The lowest BCUT2D eigenvalue weighted by Gasteiger charge is -2.14. The fraction of sp³-hybridized carbons (Fsp3) is 0.500. The Hall–Kier alpha value is -0.760. The van der Waals surface area contributed by atoms with Gasteiger partial charge in [0.15, 0.2) is 0 Å². The zero-order chi connectivity index (χ0) is 14.5. The fourth-order valence-corrected chi connectivity index (χ4v) is 2.36. The third kappa shape index (κ3) is 5.40. The van der Waals surface area contributed by atoms with E-state index in [0.29, 0.717) is 17.1 Å². The van der Waals surface area contributed by atoms with Gasteiger partial charge in [-0.05, 0) is 17.7 Å². The van der Waals surface area contributed by atoms with Gasteiger partial charge in [-0.15, -0.1) is 0 Å². The Morgan fingerprint density at radius 2 is 1.74 bits per heavy atom. The second kappa shape index (κ2) is 7.14. The minimum absolute atomic E-state index is 0.317. The maximum Gasteiger partial charge on any atom is 0.416 e. The Morgan fingerprint density at radius 3 is 2.21 bits per heavy atom. The molecule has 19 heavy (non-hydrogen) atoms. The Kier molecular flexibility index (Phi) is 6.12. The van der Waals surface area contributed by atoms with Crippen LogP contribution >= 0.6 is 11.8 Å². The van der Waals surface area contributed by atoms with E-state index in [2.05, 4.69) is 0 Å². The molecule has 2 atom stereocenters. The second-order valence-electron chi connectivity index (χ2n) is 4.10. The zero-order valence-electron chi connectivity index (χ0n) is 10.1. The SMILES string of the molecule is NC(CSCC(O)CO)c1ccc(C(F)(F)F)cc1. The molecule has 1 aromatic rings. The Labute approximate surface area is 113 Å². The number of nitrogens with two attached hydrogens (primary N) is 1. The highest BCUT2D eigenvalue weighted by Gasteiger charge is 2.30. The minimum atomic E-state index is -4.34. The normalized spacial score (nSPS) is 15.3. The summed E-state index contributed by atoms with van der Waals surface area (Å²) >= 11 is 1.34. The van der Waals surface area contributed by atoms with Crippen LogP contribution in [0.1, 0.15) is 17.2 Å². The molecule has 0 amide bonds. The van der Waals surface area contributed by atoms with E-state index in [-0.39, 0.29) is 6.61 Å². The third-order valence-electron chi connectivity index (χ3n) is 2.48. The van der Waals surface area contributed by atoms with Crippen molar-refractivity contribution in [3.8, 4) is 0 Å². The molecular weight excluding hydrogens is 279 g/mol. The molecule has 3 nitrogen and oxygen atoms in total. The first-order chi connectivity index (χ1) is 8.84. The van der Waals surface area contributed by atoms with E-state index < -0.39 is 23.9 Å². The topological polar surface area (TPSA) is 66.5 Å². The van der Waals surface area contributed by atoms with Crippen LogP contribution in [0.25, 0.3) is 0 Å². The summed E-state index contributed by atoms with van der Waals surface area (Å²) in [5.74, 6) is 0.799. The van der Waals surface area contributed by atoms with Crippen LogP contribution in [0.15, 0.2) is 24.3 Å². The molecule has 7 heteroatoms. The molecule has 0 aliphatic carbocycles. The standard InChI is InChI=1S/C12H16F3NO2S/c13-12(14,15)9-3-1-8(2-4-9)11(16)7-19-6-10(18)5-17/h1-4,10-11,17-18H,5-7,16H2. The Bertz CT molecular complexity index is 384. The van der Waals surface area contributed by atoms with Gasteiger partial charge in [0, 0.05) is 17.5 Å². The Morgan fingerprint density at radius 1 is 1.16 bits per heavy atom. The molecule has 0 bridgehead atoms. The summed E-state index contributed by atoms with van der Waals surface area (Å²) < 4.78 is 37.1. The van der Waals surface area contributed by atoms with Gasteiger partial charge in [-0.1, -0.05) is 12.1 Å². The lowest BCUT2D eigenvalue weighted by Crippen LogP contribution is -2.18. The van der Waals surface area contributed by atoms with Crippen molar-refractivity contribution in [3.05, 3.63) is 35.4 Å². The van der Waals surface area contributed by atoms with E-state index in [9.17, 15) is 13.2 Å². The van der Waals surface area contributed by atoms with E-state index in [1.165, 1.54) is 23.9 Å². The van der Waals surface area contributed by atoms with Crippen LogP contribution in [0.4, 0.5) is 13.2 Å². The zero-order valence-corrected chi connectivity index (χ0v) is 10.9. The molecule has 0 aliphatic rings. The highest BCUT2D eigenvalue weighted by molar-refractivity contribution is 7.99. The van der Waals surface area contributed by atoms with Gasteiger partial charge in [0.25, 0.3) is 0 Å². The van der Waals surface area contributed by atoms with Gasteiger partial charge in [-0.3, -0.25) is 0 Å². The number of halogens is 3. The number of hydrogen-bond acceptors (Lipinski definition) is 4. The van der Waals surface area contributed by atoms with Crippen molar-refractivity contribution in [2.45, 2.75) is 18.3 Å². The minimum Gasteiger partial charge on any atom is -0.394 e. The molecule has 0 spiro atoms. The molecule has 0 saturated carbocycles. The monoisotopic (exact) mass is 295 g/mol. The van der Waals surface area contributed by atoms with Gasteiger partial charge in [0.05, 0.1) is 18.3 Å². The van der Waals surface area contributed by atoms with Crippen molar-refractivity contribution >= 4 is 11.8 Å². The molecule has 4 N–H and O–H groups in total. The van der Waals surface area contributed by atoms with Crippen molar-refractivity contribution < 1.29 is 23.4 Å². The Balaban J connectivity index is 2.51. The molecule has 108 valence electrons. The van der Waals surface area contributed by atoms with Crippen molar-refractivity contribution in [2.75, 3.05) is 18.1 Å². The van der Waals surface area contributed by atoms with Crippen LogP contribution in [0.5, 0.6) is 0 Å². The lowest BCUT2D eigenvalue weighted by atomic mass is 10.1. The molecular formula is C12H16F3NO2S. The summed E-state index contributed by atoms with van der Waals surface area (Å²) in [5, 5.41) is 17.8. The van der Waals surface area contributed by atoms with Crippen molar-refractivity contribution in [1.82, 2.24) is 0 Å². The summed E-state index contributed by atoms with van der Waals surface area (Å²) in [6, 6.07) is 4.32. The average molecular weight is 295 g/mol. The van der Waals surface area contributed by atoms with Crippen LogP contribution in [-0.2, 0) is 6.18 Å². The smallest absolute Gasteiger partial charge is 0.394 e. The highest BCUT2D eigenvalue weighted by atomic mass is 32.2. The molecule has 0 aliphatic heterocycles. The van der Waals surface area contributed by atoms with Crippen LogP contribution in [0, 0.1) is 0 Å². The van der Waals surface area contributed by atoms with Crippen molar-refractivity contribution in [3.63, 3.8) is 0 Å². The van der Waals surface area contributed by atoms with E-state index in [1.54, 1.807) is 0 Å². The van der Waals surface area contributed by atoms with E-state index in [4.69, 9.17) is 15.9 Å². The van der Waals surface area contributed by atoms with E-state index >= 15 is 0 Å². The van der Waals surface area contributed by atoms with Gasteiger partial charge in [-0.25, -0.2) is 0 Å². The number of aliphatic hydroxyl groups excluding tert-OH is 2. The summed E-state index contributed by atoms with van der Waals surface area (Å²) in [4.78, 5) is 0. The summed E-state index contributed by atoms with van der Waals surface area (Å²) in [5.41, 5.74) is 5.74. The number of thioether (sulfide) groups is 1. The van der Waals surface area contributed by atoms with Crippen molar-refractivity contribution in [1.29, 1.82) is 0 Å². The van der Waals surface area contributed by atoms with E-state index in [0.717, 1.165) is 12.1 Å². The van der Waals surface area contributed by atoms with Crippen LogP contribution in [0.2, 0.25) is 0 Å². The number of rotatable bonds is 6. The quantitative estimate of drug-likeness (QED) is 0.748. The van der Waals surface area contributed by atoms with E-state index in [1.807, 2.05) is 0 Å². The van der Waals surface area contributed by atoms with Crippen LogP contribution in [0.3, 0.4) is 0 Å². The largest absolute Gasteiger partial charge is 0.416 e. The van der Waals surface area contributed by atoms with Gasteiger partial charge in [0.2, 0.25) is 0 Å². The van der Waals surface area contributed by atoms with Gasteiger partial charge in [-0.2, -0.15) is 24.9 Å². The molecule has 1 rings (SSSR count). The second-order valence-corrected chi connectivity index (χ2v) is 5.18. The molecule has 0 aromatic heterocycles. The lowest BCUT2D eigenvalue weighted by molar-refractivity contribution is -0.137. The number of benzene rings is 1. The van der Waals surface area contributed by atoms with Gasteiger partial charge < -0.3 is 15.9 Å². The maximum absolute atomic E-state index is 12.4. The summed E-state index contributed by atoms with van der Waals surface area (Å²) in [6.07, 6.45) is -5.15. The van der Waals surface area contributed by atoms with Crippen molar-refractivity contribution in [2.24, 2.45) is 5.73 Å². The molecule has 0 heterocycles. The van der Waals surface area contributed by atoms with Gasteiger partial charge >= 0.3 is 6.18 Å². The first kappa shape index (κ1) is 16.3. The first-order valence-corrected chi connectivity index (χ1v) is 6.79. The van der Waals surface area contributed by atoms with Crippen LogP contribution in [-0.4, -0.2) is 34.4 Å². The summed E-state index contributed by atoms with van der Waals surface area (Å²) in [6.45, 7) is -0.317. The highest BCUT2D eigenvalue weighted by Crippen LogP contribution is 2.30. The molecule has 0 radical (unpaired) electrons. The van der Waals surface area contributed by atoms with Crippen LogP contribution < -0.4 is 5.73 Å². The number of hydrogen-bond donors (Lipinski definition) is 3. The number of aliphatic hydroxyl groups is 2. The number of alkyl halides is 3.